The smallest absolute Gasteiger partial charge is 0.347 e. The fraction of sp³-hybridized carbons (Fsp3) is 0.125. The number of ketones is 1. The second kappa shape index (κ2) is 7.09. The Kier molecular flexibility index (Phi) is 5.47. The number of allylic oxidation sites excluding steroid dienone is 3. The summed E-state index contributed by atoms with van der Waals surface area (Å²) in [6.45, 7) is 6.45. The number of ether oxygens (including phenoxy) is 1. The lowest BCUT2D eigenvalue weighted by Crippen LogP contribution is -2.14. The van der Waals surface area contributed by atoms with Crippen LogP contribution in [0.25, 0.3) is 0 Å². The second-order valence-electron chi connectivity index (χ2n) is 3.93. The van der Waals surface area contributed by atoms with E-state index in [0.717, 1.165) is 0 Å². The molecule has 1 aromatic carbocycles. The van der Waals surface area contributed by atoms with Gasteiger partial charge in [0, 0.05) is 0 Å². The van der Waals surface area contributed by atoms with Crippen LogP contribution < -0.4 is 4.74 Å². The van der Waals surface area contributed by atoms with E-state index in [-0.39, 0.29) is 22.9 Å². The molecule has 1 aromatic rings. The molecule has 0 aromatic heterocycles. The fourth-order valence-electron chi connectivity index (χ4n) is 1.53. The Hall–Kier alpha value is -2.62. The normalized spacial score (nSPS) is 11.9. The molecule has 0 amide bonds. The molecular weight excluding hydrogens is 256 g/mol. The number of para-hydroxylation sites is 1. The minimum absolute atomic E-state index is 0.0270. The molecule has 0 heterocycles. The van der Waals surface area contributed by atoms with Crippen molar-refractivity contribution in [2.45, 2.75) is 13.8 Å². The molecule has 1 N–H and O–H groups in total. The Balaban J connectivity index is 3.10. The van der Waals surface area contributed by atoms with E-state index in [9.17, 15) is 14.7 Å². The summed E-state index contributed by atoms with van der Waals surface area (Å²) in [6, 6.07) is 6.42. The van der Waals surface area contributed by atoms with Gasteiger partial charge in [-0.15, -0.1) is 0 Å². The molecule has 0 fully saturated rings. The monoisotopic (exact) mass is 272 g/mol. The first-order valence-electron chi connectivity index (χ1n) is 6.01. The van der Waals surface area contributed by atoms with E-state index in [2.05, 4.69) is 6.58 Å². The predicted octanol–water partition coefficient (Wildman–Crippen LogP) is 3.37. The summed E-state index contributed by atoms with van der Waals surface area (Å²) in [5, 5.41) is 9.65. The number of benzene rings is 1. The lowest BCUT2D eigenvalue weighted by atomic mass is 10.1. The van der Waals surface area contributed by atoms with Crippen molar-refractivity contribution in [3.05, 3.63) is 66.0 Å². The summed E-state index contributed by atoms with van der Waals surface area (Å²) >= 11 is 0. The SMILES string of the molecule is C=C/C=C(C(=O)Oc1ccccc1C(C)=O)\C(O)=C/C. The average molecular weight is 272 g/mol. The maximum Gasteiger partial charge on any atom is 0.347 e. The van der Waals surface area contributed by atoms with Crippen LogP contribution in [0.5, 0.6) is 5.75 Å². The van der Waals surface area contributed by atoms with Gasteiger partial charge in [-0.05, 0) is 38.1 Å². The van der Waals surface area contributed by atoms with Crippen molar-refractivity contribution in [2.24, 2.45) is 0 Å². The molecule has 0 aliphatic rings. The maximum absolute atomic E-state index is 12.0. The van der Waals surface area contributed by atoms with Gasteiger partial charge in [-0.1, -0.05) is 24.8 Å². The number of hydrogen-bond acceptors (Lipinski definition) is 4. The summed E-state index contributed by atoms with van der Waals surface area (Å²) in [5.41, 5.74) is 0.277. The van der Waals surface area contributed by atoms with Crippen LogP contribution >= 0.6 is 0 Å². The molecule has 0 bridgehead atoms. The summed E-state index contributed by atoms with van der Waals surface area (Å²) < 4.78 is 5.17. The number of carbonyl (C=O) groups is 2. The van der Waals surface area contributed by atoms with Crippen LogP contribution in [-0.4, -0.2) is 16.9 Å². The molecule has 0 saturated carbocycles. The van der Waals surface area contributed by atoms with E-state index in [1.54, 1.807) is 25.1 Å². The molecule has 20 heavy (non-hydrogen) atoms. The van der Waals surface area contributed by atoms with E-state index in [0.29, 0.717) is 5.56 Å². The Morgan fingerprint density at radius 1 is 1.30 bits per heavy atom. The van der Waals surface area contributed by atoms with E-state index in [4.69, 9.17) is 4.74 Å². The van der Waals surface area contributed by atoms with Crippen molar-refractivity contribution in [3.8, 4) is 5.75 Å². The molecule has 104 valence electrons. The van der Waals surface area contributed by atoms with Gasteiger partial charge in [0.05, 0.1) is 5.56 Å². The van der Waals surface area contributed by atoms with Gasteiger partial charge in [0.15, 0.2) is 5.78 Å². The maximum atomic E-state index is 12.0. The van der Waals surface area contributed by atoms with Crippen LogP contribution in [0.1, 0.15) is 24.2 Å². The van der Waals surface area contributed by atoms with E-state index in [1.807, 2.05) is 0 Å². The highest BCUT2D eigenvalue weighted by Gasteiger charge is 2.17. The fourth-order valence-corrected chi connectivity index (χ4v) is 1.53. The van der Waals surface area contributed by atoms with Crippen LogP contribution in [0, 0.1) is 0 Å². The highest BCUT2D eigenvalue weighted by molar-refractivity contribution is 5.99. The topological polar surface area (TPSA) is 63.6 Å². The predicted molar refractivity (Wildman–Crippen MR) is 76.7 cm³/mol. The second-order valence-corrected chi connectivity index (χ2v) is 3.93. The van der Waals surface area contributed by atoms with Crippen LogP contribution in [0.4, 0.5) is 0 Å². The first kappa shape index (κ1) is 15.4. The van der Waals surface area contributed by atoms with Gasteiger partial charge >= 0.3 is 5.97 Å². The molecular formula is C16H16O4. The number of hydrogen-bond donors (Lipinski definition) is 1. The number of aliphatic hydroxyl groups is 1. The molecule has 1 rings (SSSR count). The van der Waals surface area contributed by atoms with Gasteiger partial charge in [-0.3, -0.25) is 4.79 Å². The van der Waals surface area contributed by atoms with Crippen molar-refractivity contribution in [1.29, 1.82) is 0 Å². The van der Waals surface area contributed by atoms with Crippen molar-refractivity contribution in [3.63, 3.8) is 0 Å². The quantitative estimate of drug-likeness (QED) is 0.223. The van der Waals surface area contributed by atoms with Crippen molar-refractivity contribution < 1.29 is 19.4 Å². The molecule has 0 saturated heterocycles. The minimum atomic E-state index is -0.755. The van der Waals surface area contributed by atoms with Gasteiger partial charge in [-0.2, -0.15) is 0 Å². The van der Waals surface area contributed by atoms with Crippen LogP contribution in [0.3, 0.4) is 0 Å². The van der Waals surface area contributed by atoms with Crippen molar-refractivity contribution in [1.82, 2.24) is 0 Å². The molecule has 0 aliphatic carbocycles. The number of rotatable bonds is 5. The van der Waals surface area contributed by atoms with Gasteiger partial charge in [-0.25, -0.2) is 4.79 Å². The van der Waals surface area contributed by atoms with Gasteiger partial charge < -0.3 is 9.84 Å². The minimum Gasteiger partial charge on any atom is -0.507 e. The third kappa shape index (κ3) is 3.68. The van der Waals surface area contributed by atoms with Crippen molar-refractivity contribution in [2.75, 3.05) is 0 Å². The van der Waals surface area contributed by atoms with E-state index < -0.39 is 5.97 Å². The van der Waals surface area contributed by atoms with E-state index >= 15 is 0 Å². The Bertz CT molecular complexity index is 594. The van der Waals surface area contributed by atoms with Crippen LogP contribution in [0.15, 0.2) is 60.4 Å². The van der Waals surface area contributed by atoms with Crippen LogP contribution in [0.2, 0.25) is 0 Å². The molecule has 4 heteroatoms. The van der Waals surface area contributed by atoms with Gasteiger partial charge in [0.1, 0.15) is 17.1 Å². The van der Waals surface area contributed by atoms with Gasteiger partial charge in [0.25, 0.3) is 0 Å². The number of carbonyl (C=O) groups excluding carboxylic acids is 2. The summed E-state index contributed by atoms with van der Waals surface area (Å²) in [6.07, 6.45) is 4.08. The number of aliphatic hydroxyl groups excluding tert-OH is 1. The summed E-state index contributed by atoms with van der Waals surface area (Å²) in [5.74, 6) is -1.02. The molecule has 0 spiro atoms. The molecule has 0 atom stereocenters. The van der Waals surface area contributed by atoms with Crippen LogP contribution in [-0.2, 0) is 4.79 Å². The zero-order valence-electron chi connectivity index (χ0n) is 11.4. The van der Waals surface area contributed by atoms with Gasteiger partial charge in [0.2, 0.25) is 0 Å². The molecule has 0 radical (unpaired) electrons. The van der Waals surface area contributed by atoms with Crippen molar-refractivity contribution >= 4 is 11.8 Å². The largest absolute Gasteiger partial charge is 0.507 e. The highest BCUT2D eigenvalue weighted by atomic mass is 16.5. The molecule has 0 unspecified atom stereocenters. The number of esters is 1. The Morgan fingerprint density at radius 3 is 2.50 bits per heavy atom. The average Bonchev–Trinajstić information content (AvgIpc) is 2.44. The standard InChI is InChI=1S/C16H16O4/c1-4-8-13(14(18)5-2)16(19)20-15-10-7-6-9-12(15)11(3)17/h4-10,18H,1H2,2-3H3/b13-8+,14-5+. The summed E-state index contributed by atoms with van der Waals surface area (Å²) in [4.78, 5) is 23.5. The zero-order chi connectivity index (χ0) is 15.1. The lowest BCUT2D eigenvalue weighted by molar-refractivity contribution is -0.130. The first-order valence-corrected chi connectivity index (χ1v) is 6.01. The molecule has 0 aliphatic heterocycles. The third-order valence-corrected chi connectivity index (χ3v) is 2.52. The summed E-state index contributed by atoms with van der Waals surface area (Å²) in [7, 11) is 0. The zero-order valence-corrected chi connectivity index (χ0v) is 11.4. The molecule has 4 nitrogen and oxygen atoms in total. The first-order chi connectivity index (χ1) is 9.51. The Labute approximate surface area is 117 Å². The third-order valence-electron chi connectivity index (χ3n) is 2.52. The highest BCUT2D eigenvalue weighted by Crippen LogP contribution is 2.20. The lowest BCUT2D eigenvalue weighted by Gasteiger charge is -2.09. The van der Waals surface area contributed by atoms with E-state index in [1.165, 1.54) is 31.2 Å². The Morgan fingerprint density at radius 2 is 1.95 bits per heavy atom. The number of Topliss-reactive ketones (excluding diaryl/α,β-unsaturated/α-hetero) is 1.